The Morgan fingerprint density at radius 3 is 2.61 bits per heavy atom. The number of halogens is 1. The first-order valence-electron chi connectivity index (χ1n) is 9.33. The van der Waals surface area contributed by atoms with Crippen molar-refractivity contribution in [2.45, 2.75) is 31.5 Å². The number of likely N-dealkylation sites (tertiary alicyclic amines) is 1. The lowest BCUT2D eigenvalue weighted by Gasteiger charge is -2.38. The van der Waals surface area contributed by atoms with Crippen LogP contribution in [0.5, 0.6) is 0 Å². The van der Waals surface area contributed by atoms with Crippen molar-refractivity contribution in [2.24, 2.45) is 0 Å². The smallest absolute Gasteiger partial charge is 0.266 e. The van der Waals surface area contributed by atoms with E-state index in [1.54, 1.807) is 29.5 Å². The van der Waals surface area contributed by atoms with Gasteiger partial charge in [-0.05, 0) is 36.4 Å². The molecule has 1 saturated heterocycles. The molecule has 3 aromatic rings. The van der Waals surface area contributed by atoms with E-state index in [1.807, 2.05) is 23.6 Å². The summed E-state index contributed by atoms with van der Waals surface area (Å²) in [6, 6.07) is 13.9. The van der Waals surface area contributed by atoms with Gasteiger partial charge in [0.2, 0.25) is 0 Å². The normalized spacial score (nSPS) is 16.9. The summed E-state index contributed by atoms with van der Waals surface area (Å²) in [7, 11) is 0. The molecule has 146 valence electrons. The van der Waals surface area contributed by atoms with Crippen LogP contribution in [-0.2, 0) is 13.1 Å². The molecular weight excluding hydrogens is 377 g/mol. The summed E-state index contributed by atoms with van der Waals surface area (Å²) in [6.45, 7) is 1.97. The summed E-state index contributed by atoms with van der Waals surface area (Å²) in [5, 5.41) is 17.4. The van der Waals surface area contributed by atoms with Crippen molar-refractivity contribution in [1.82, 2.24) is 14.7 Å². The molecule has 0 atom stereocenters. The Hall–Kier alpha value is -2.35. The molecular formula is C21H22FN3O2S. The van der Waals surface area contributed by atoms with E-state index in [0.29, 0.717) is 38.0 Å². The average Bonchev–Trinajstić information content (AvgIpc) is 3.22. The molecule has 0 radical (unpaired) electrons. The molecule has 1 aromatic carbocycles. The van der Waals surface area contributed by atoms with Crippen LogP contribution in [0.4, 0.5) is 4.39 Å². The fourth-order valence-electron chi connectivity index (χ4n) is 3.55. The van der Waals surface area contributed by atoms with Crippen molar-refractivity contribution >= 4 is 11.3 Å². The lowest BCUT2D eigenvalue weighted by Crippen LogP contribution is -2.48. The van der Waals surface area contributed by atoms with Gasteiger partial charge in [-0.25, -0.2) is 9.07 Å². The molecule has 5 nitrogen and oxygen atoms in total. The van der Waals surface area contributed by atoms with Gasteiger partial charge in [0, 0.05) is 31.3 Å². The van der Waals surface area contributed by atoms with Crippen LogP contribution in [0.15, 0.2) is 58.7 Å². The molecule has 0 aliphatic carbocycles. The van der Waals surface area contributed by atoms with E-state index in [9.17, 15) is 14.3 Å². The lowest BCUT2D eigenvalue weighted by atomic mass is 9.91. The van der Waals surface area contributed by atoms with Gasteiger partial charge in [0.05, 0.1) is 17.0 Å². The van der Waals surface area contributed by atoms with E-state index in [2.05, 4.69) is 10.00 Å². The first-order chi connectivity index (χ1) is 13.5. The minimum atomic E-state index is -0.989. The molecule has 1 aliphatic rings. The van der Waals surface area contributed by atoms with Crippen LogP contribution in [0.25, 0.3) is 10.6 Å². The van der Waals surface area contributed by atoms with Crippen molar-refractivity contribution in [2.75, 3.05) is 13.1 Å². The third kappa shape index (κ3) is 4.22. The van der Waals surface area contributed by atoms with Crippen LogP contribution in [0.2, 0.25) is 0 Å². The fraction of sp³-hybridized carbons (Fsp3) is 0.333. The molecule has 28 heavy (non-hydrogen) atoms. The standard InChI is InChI=1S/C21H22FN3O2S/c22-17-5-2-1-4-16(17)14-24-11-9-21(27,10-12-24)15-25-20(26)8-7-18(23-25)19-6-3-13-28-19/h1-8,13,27H,9-12,14-15H2. The zero-order valence-corrected chi connectivity index (χ0v) is 16.2. The second-order valence-electron chi connectivity index (χ2n) is 7.28. The predicted octanol–water partition coefficient (Wildman–Crippen LogP) is 3.14. The van der Waals surface area contributed by atoms with Crippen molar-refractivity contribution < 1.29 is 9.50 Å². The van der Waals surface area contributed by atoms with E-state index >= 15 is 0 Å². The quantitative estimate of drug-likeness (QED) is 0.716. The van der Waals surface area contributed by atoms with E-state index in [1.165, 1.54) is 16.8 Å². The summed E-state index contributed by atoms with van der Waals surface area (Å²) in [4.78, 5) is 15.4. The van der Waals surface area contributed by atoms with E-state index in [-0.39, 0.29) is 17.9 Å². The summed E-state index contributed by atoms with van der Waals surface area (Å²) in [5.41, 5.74) is 0.184. The molecule has 2 aromatic heterocycles. The van der Waals surface area contributed by atoms with Gasteiger partial charge in [-0.2, -0.15) is 5.10 Å². The number of piperidine rings is 1. The topological polar surface area (TPSA) is 58.4 Å². The fourth-order valence-corrected chi connectivity index (χ4v) is 4.24. The van der Waals surface area contributed by atoms with Crippen LogP contribution in [0.1, 0.15) is 18.4 Å². The summed E-state index contributed by atoms with van der Waals surface area (Å²) in [5.74, 6) is -0.204. The molecule has 1 fully saturated rings. The molecule has 0 saturated carbocycles. The Morgan fingerprint density at radius 1 is 1.11 bits per heavy atom. The highest BCUT2D eigenvalue weighted by molar-refractivity contribution is 7.13. The van der Waals surface area contributed by atoms with Crippen LogP contribution < -0.4 is 5.56 Å². The number of hydrogen-bond acceptors (Lipinski definition) is 5. The zero-order chi connectivity index (χ0) is 19.6. The van der Waals surface area contributed by atoms with Gasteiger partial charge < -0.3 is 5.11 Å². The number of aliphatic hydroxyl groups is 1. The number of nitrogens with zero attached hydrogens (tertiary/aromatic N) is 3. The highest BCUT2D eigenvalue weighted by atomic mass is 32.1. The first-order valence-corrected chi connectivity index (χ1v) is 10.2. The van der Waals surface area contributed by atoms with E-state index in [4.69, 9.17) is 0 Å². The Labute approximate surface area is 166 Å². The SMILES string of the molecule is O=c1ccc(-c2cccs2)nn1CC1(O)CCN(Cc2ccccc2F)CC1. The van der Waals surface area contributed by atoms with Gasteiger partial charge in [0.25, 0.3) is 5.56 Å². The number of thiophene rings is 1. The Bertz CT molecular complexity index is 995. The molecule has 0 amide bonds. The largest absolute Gasteiger partial charge is 0.388 e. The maximum Gasteiger partial charge on any atom is 0.266 e. The second kappa shape index (κ2) is 7.95. The Balaban J connectivity index is 1.43. The van der Waals surface area contributed by atoms with E-state index < -0.39 is 5.60 Å². The van der Waals surface area contributed by atoms with Gasteiger partial charge in [0.15, 0.2) is 0 Å². The van der Waals surface area contributed by atoms with E-state index in [0.717, 1.165) is 10.6 Å². The van der Waals surface area contributed by atoms with Gasteiger partial charge >= 0.3 is 0 Å². The summed E-state index contributed by atoms with van der Waals surface area (Å²) in [6.07, 6.45) is 1.03. The van der Waals surface area contributed by atoms with Crippen LogP contribution in [0, 0.1) is 5.82 Å². The molecule has 7 heteroatoms. The minimum Gasteiger partial charge on any atom is -0.388 e. The average molecular weight is 399 g/mol. The molecule has 3 heterocycles. The van der Waals surface area contributed by atoms with Crippen LogP contribution >= 0.6 is 11.3 Å². The lowest BCUT2D eigenvalue weighted by molar-refractivity contribution is -0.0390. The van der Waals surface area contributed by atoms with Crippen molar-refractivity contribution in [3.63, 3.8) is 0 Å². The number of hydrogen-bond donors (Lipinski definition) is 1. The molecule has 0 spiro atoms. The van der Waals surface area contributed by atoms with Gasteiger partial charge in [-0.1, -0.05) is 24.3 Å². The number of benzene rings is 1. The van der Waals surface area contributed by atoms with Crippen molar-refractivity contribution in [3.05, 3.63) is 75.6 Å². The number of rotatable bonds is 5. The maximum atomic E-state index is 13.9. The van der Waals surface area contributed by atoms with Gasteiger partial charge in [0.1, 0.15) is 11.5 Å². The van der Waals surface area contributed by atoms with Crippen LogP contribution in [-0.4, -0.2) is 38.5 Å². The molecule has 1 aliphatic heterocycles. The van der Waals surface area contributed by atoms with Crippen LogP contribution in [0.3, 0.4) is 0 Å². The number of aromatic nitrogens is 2. The molecule has 0 unspecified atom stereocenters. The third-order valence-corrected chi connectivity index (χ3v) is 6.12. The minimum absolute atomic E-state index is 0.165. The summed E-state index contributed by atoms with van der Waals surface area (Å²) >= 11 is 1.56. The second-order valence-corrected chi connectivity index (χ2v) is 8.23. The first kappa shape index (κ1) is 19.0. The Morgan fingerprint density at radius 2 is 1.89 bits per heavy atom. The Kier molecular flexibility index (Phi) is 5.39. The zero-order valence-electron chi connectivity index (χ0n) is 15.4. The monoisotopic (exact) mass is 399 g/mol. The molecule has 0 bridgehead atoms. The highest BCUT2D eigenvalue weighted by Gasteiger charge is 2.33. The van der Waals surface area contributed by atoms with Crippen molar-refractivity contribution in [1.29, 1.82) is 0 Å². The van der Waals surface area contributed by atoms with Crippen molar-refractivity contribution in [3.8, 4) is 10.6 Å². The van der Waals surface area contributed by atoms with Gasteiger partial charge in [-0.15, -0.1) is 11.3 Å². The third-order valence-electron chi connectivity index (χ3n) is 5.22. The molecule has 4 rings (SSSR count). The predicted molar refractivity (Wildman–Crippen MR) is 108 cm³/mol. The maximum absolute atomic E-state index is 13.9. The highest BCUT2D eigenvalue weighted by Crippen LogP contribution is 2.26. The van der Waals surface area contributed by atoms with Gasteiger partial charge in [-0.3, -0.25) is 9.69 Å². The summed E-state index contributed by atoms with van der Waals surface area (Å²) < 4.78 is 15.2. The molecule has 1 N–H and O–H groups in total.